The van der Waals surface area contributed by atoms with Crippen molar-refractivity contribution in [3.8, 4) is 0 Å². The highest BCUT2D eigenvalue weighted by Gasteiger charge is 2.19. The van der Waals surface area contributed by atoms with E-state index in [1.165, 1.54) is 7.11 Å². The van der Waals surface area contributed by atoms with Gasteiger partial charge in [-0.3, -0.25) is 4.98 Å². The van der Waals surface area contributed by atoms with E-state index < -0.39 is 0 Å². The Labute approximate surface area is 134 Å². The van der Waals surface area contributed by atoms with E-state index in [9.17, 15) is 4.79 Å². The zero-order chi connectivity index (χ0) is 16.2. The summed E-state index contributed by atoms with van der Waals surface area (Å²) in [6.07, 6.45) is 3.28. The molecule has 23 heavy (non-hydrogen) atoms. The summed E-state index contributed by atoms with van der Waals surface area (Å²) in [5.41, 5.74) is 7.34. The lowest BCUT2D eigenvalue weighted by Gasteiger charge is -2.36. The third-order valence-corrected chi connectivity index (χ3v) is 3.90. The molecule has 1 fully saturated rings. The van der Waals surface area contributed by atoms with E-state index in [1.807, 2.05) is 12.1 Å². The summed E-state index contributed by atoms with van der Waals surface area (Å²) in [5.74, 6) is 0.927. The summed E-state index contributed by atoms with van der Waals surface area (Å²) < 4.78 is 4.71. The first-order valence-corrected chi connectivity index (χ1v) is 7.43. The van der Waals surface area contributed by atoms with Gasteiger partial charge in [0.05, 0.1) is 25.1 Å². The Balaban J connectivity index is 1.63. The molecule has 120 valence electrons. The van der Waals surface area contributed by atoms with Crippen molar-refractivity contribution in [1.29, 1.82) is 0 Å². The number of hydrogen-bond acceptors (Lipinski definition) is 7. The van der Waals surface area contributed by atoms with Gasteiger partial charge in [0.1, 0.15) is 11.6 Å². The van der Waals surface area contributed by atoms with Crippen LogP contribution in [0.4, 0.5) is 17.3 Å². The summed E-state index contributed by atoms with van der Waals surface area (Å²) in [6, 6.07) is 7.47. The molecular formula is C16H19N5O2. The van der Waals surface area contributed by atoms with Crippen LogP contribution in [0.5, 0.6) is 0 Å². The number of esters is 1. The molecule has 7 heteroatoms. The normalized spacial score (nSPS) is 14.7. The molecule has 1 aromatic carbocycles. The highest BCUT2D eigenvalue weighted by Crippen LogP contribution is 2.20. The van der Waals surface area contributed by atoms with Crippen molar-refractivity contribution in [2.24, 2.45) is 0 Å². The lowest BCUT2D eigenvalue weighted by Crippen LogP contribution is -2.46. The van der Waals surface area contributed by atoms with Gasteiger partial charge < -0.3 is 20.3 Å². The number of aromatic nitrogens is 2. The lowest BCUT2D eigenvalue weighted by atomic mass is 10.2. The molecule has 0 amide bonds. The predicted octanol–water partition coefficient (Wildman–Crippen LogP) is 1.17. The summed E-state index contributed by atoms with van der Waals surface area (Å²) >= 11 is 0. The number of methoxy groups -OCH3 is 1. The molecule has 2 heterocycles. The van der Waals surface area contributed by atoms with Gasteiger partial charge in [-0.1, -0.05) is 0 Å². The first-order valence-electron chi connectivity index (χ1n) is 7.43. The maximum atomic E-state index is 11.5. The predicted molar refractivity (Wildman–Crippen MR) is 88.7 cm³/mol. The molecule has 1 aliphatic heterocycles. The number of anilines is 3. The highest BCUT2D eigenvalue weighted by molar-refractivity contribution is 5.89. The molecule has 0 unspecified atom stereocenters. The third-order valence-electron chi connectivity index (χ3n) is 3.90. The average molecular weight is 313 g/mol. The number of piperazine rings is 1. The van der Waals surface area contributed by atoms with Crippen LogP contribution in [0.3, 0.4) is 0 Å². The van der Waals surface area contributed by atoms with Crippen LogP contribution in [-0.4, -0.2) is 49.2 Å². The van der Waals surface area contributed by atoms with Crippen molar-refractivity contribution in [2.45, 2.75) is 0 Å². The van der Waals surface area contributed by atoms with E-state index >= 15 is 0 Å². The molecule has 7 nitrogen and oxygen atoms in total. The fourth-order valence-corrected chi connectivity index (χ4v) is 2.64. The molecule has 2 aromatic rings. The average Bonchev–Trinajstić information content (AvgIpc) is 2.61. The number of nitrogens with zero attached hydrogens (tertiary/aromatic N) is 4. The van der Waals surface area contributed by atoms with Gasteiger partial charge in [0.2, 0.25) is 0 Å². The molecule has 1 saturated heterocycles. The number of ether oxygens (including phenoxy) is 1. The van der Waals surface area contributed by atoms with Crippen LogP contribution in [0.2, 0.25) is 0 Å². The third kappa shape index (κ3) is 3.33. The topological polar surface area (TPSA) is 84.6 Å². The van der Waals surface area contributed by atoms with Crippen molar-refractivity contribution in [3.05, 3.63) is 42.2 Å². The second-order valence-corrected chi connectivity index (χ2v) is 5.31. The van der Waals surface area contributed by atoms with Crippen LogP contribution in [0.15, 0.2) is 36.7 Å². The Bertz CT molecular complexity index is 681. The number of benzene rings is 1. The Morgan fingerprint density at radius 2 is 1.74 bits per heavy atom. The van der Waals surface area contributed by atoms with E-state index in [0.717, 1.165) is 37.7 Å². The smallest absolute Gasteiger partial charge is 0.337 e. The fraction of sp³-hybridized carbons (Fsp3) is 0.312. The summed E-state index contributed by atoms with van der Waals surface area (Å²) in [7, 11) is 1.38. The van der Waals surface area contributed by atoms with Gasteiger partial charge in [-0.25, -0.2) is 9.78 Å². The first kappa shape index (κ1) is 15.1. The van der Waals surface area contributed by atoms with Gasteiger partial charge in [0, 0.05) is 31.9 Å². The van der Waals surface area contributed by atoms with E-state index in [4.69, 9.17) is 10.5 Å². The molecule has 0 aliphatic carbocycles. The molecule has 0 spiro atoms. The van der Waals surface area contributed by atoms with Gasteiger partial charge >= 0.3 is 5.97 Å². The monoisotopic (exact) mass is 313 g/mol. The summed E-state index contributed by atoms with van der Waals surface area (Å²) in [6.45, 7) is 3.43. The van der Waals surface area contributed by atoms with Gasteiger partial charge in [-0.2, -0.15) is 0 Å². The minimum absolute atomic E-state index is 0.318. The van der Waals surface area contributed by atoms with E-state index in [-0.39, 0.29) is 5.97 Å². The number of carbonyl (C=O) groups is 1. The number of carbonyl (C=O) groups excluding carboxylic acids is 1. The SMILES string of the molecule is COC(=O)c1ccc(N2CCN(c3cncc(N)n3)CC2)cc1. The number of nitrogen functional groups attached to an aromatic ring is 1. The molecular weight excluding hydrogens is 294 g/mol. The van der Waals surface area contributed by atoms with Gasteiger partial charge in [-0.15, -0.1) is 0 Å². The van der Waals surface area contributed by atoms with Gasteiger partial charge in [0.25, 0.3) is 0 Å². The Kier molecular flexibility index (Phi) is 4.27. The summed E-state index contributed by atoms with van der Waals surface area (Å²) in [4.78, 5) is 24.3. The zero-order valence-corrected chi connectivity index (χ0v) is 13.0. The van der Waals surface area contributed by atoms with Crippen LogP contribution in [0, 0.1) is 0 Å². The highest BCUT2D eigenvalue weighted by atomic mass is 16.5. The van der Waals surface area contributed by atoms with Crippen molar-refractivity contribution < 1.29 is 9.53 Å². The van der Waals surface area contributed by atoms with E-state index in [2.05, 4.69) is 19.8 Å². The molecule has 0 atom stereocenters. The molecule has 3 rings (SSSR count). The molecule has 1 aliphatic rings. The zero-order valence-electron chi connectivity index (χ0n) is 13.0. The lowest BCUT2D eigenvalue weighted by molar-refractivity contribution is 0.0601. The number of nitrogens with two attached hydrogens (primary N) is 1. The van der Waals surface area contributed by atoms with Gasteiger partial charge in [-0.05, 0) is 24.3 Å². The van der Waals surface area contributed by atoms with Crippen LogP contribution in [0.25, 0.3) is 0 Å². The Morgan fingerprint density at radius 1 is 1.09 bits per heavy atom. The van der Waals surface area contributed by atoms with Crippen molar-refractivity contribution >= 4 is 23.3 Å². The minimum Gasteiger partial charge on any atom is -0.465 e. The number of rotatable bonds is 3. The standard InChI is InChI=1S/C16H19N5O2/c1-23-16(22)12-2-4-13(5-3-12)20-6-8-21(9-7-20)15-11-18-10-14(17)19-15/h2-5,10-11H,6-9H2,1H3,(H2,17,19). The number of hydrogen-bond donors (Lipinski definition) is 1. The second-order valence-electron chi connectivity index (χ2n) is 5.31. The minimum atomic E-state index is -0.318. The molecule has 1 aromatic heterocycles. The van der Waals surface area contributed by atoms with E-state index in [0.29, 0.717) is 11.4 Å². The molecule has 2 N–H and O–H groups in total. The molecule has 0 bridgehead atoms. The van der Waals surface area contributed by atoms with Crippen LogP contribution in [0.1, 0.15) is 10.4 Å². The maximum absolute atomic E-state index is 11.5. The van der Waals surface area contributed by atoms with Crippen molar-refractivity contribution in [1.82, 2.24) is 9.97 Å². The van der Waals surface area contributed by atoms with Gasteiger partial charge in [0.15, 0.2) is 0 Å². The van der Waals surface area contributed by atoms with Crippen LogP contribution >= 0.6 is 0 Å². The van der Waals surface area contributed by atoms with Crippen LogP contribution < -0.4 is 15.5 Å². The molecule has 0 radical (unpaired) electrons. The Morgan fingerprint density at radius 3 is 2.35 bits per heavy atom. The largest absolute Gasteiger partial charge is 0.465 e. The van der Waals surface area contributed by atoms with Crippen molar-refractivity contribution in [2.75, 3.05) is 48.8 Å². The van der Waals surface area contributed by atoms with Crippen molar-refractivity contribution in [3.63, 3.8) is 0 Å². The first-order chi connectivity index (χ1) is 11.2. The van der Waals surface area contributed by atoms with E-state index in [1.54, 1.807) is 24.5 Å². The fourth-order valence-electron chi connectivity index (χ4n) is 2.64. The maximum Gasteiger partial charge on any atom is 0.337 e. The Hall–Kier alpha value is -2.83. The summed E-state index contributed by atoms with van der Waals surface area (Å²) in [5, 5.41) is 0. The quantitative estimate of drug-likeness (QED) is 0.851. The molecule has 0 saturated carbocycles. The second kappa shape index (κ2) is 6.51. The van der Waals surface area contributed by atoms with Crippen LogP contribution in [-0.2, 0) is 4.74 Å².